The molecule has 0 aliphatic rings. The van der Waals surface area contributed by atoms with Crippen molar-refractivity contribution >= 4 is 34.8 Å². The highest BCUT2D eigenvalue weighted by atomic mass is 35.5. The third kappa shape index (κ3) is 5.64. The lowest BCUT2D eigenvalue weighted by Crippen LogP contribution is -2.21. The zero-order chi connectivity index (χ0) is 22.2. The average molecular weight is 437 g/mol. The number of anilines is 2. The van der Waals surface area contributed by atoms with E-state index in [4.69, 9.17) is 16.3 Å². The van der Waals surface area contributed by atoms with Crippen LogP contribution in [0.15, 0.2) is 72.8 Å². The maximum atomic E-state index is 12.9. The highest BCUT2D eigenvalue weighted by molar-refractivity contribution is 6.34. The molecule has 0 radical (unpaired) electrons. The minimum absolute atomic E-state index is 0.171. The Hall–Kier alpha value is -3.31. The molecule has 1 atom stereocenters. The first kappa shape index (κ1) is 22.4. The first-order chi connectivity index (χ1) is 15.0. The summed E-state index contributed by atoms with van der Waals surface area (Å²) < 4.78 is 5.56. The Morgan fingerprint density at radius 2 is 1.61 bits per heavy atom. The van der Waals surface area contributed by atoms with Gasteiger partial charge in [-0.2, -0.15) is 0 Å². The molecule has 31 heavy (non-hydrogen) atoms. The third-order valence-corrected chi connectivity index (χ3v) is 5.18. The molecule has 0 spiro atoms. The van der Waals surface area contributed by atoms with E-state index in [2.05, 4.69) is 10.6 Å². The first-order valence-electron chi connectivity index (χ1n) is 10.2. The number of ether oxygens (including phenoxy) is 1. The minimum atomic E-state index is -0.325. The number of amides is 2. The van der Waals surface area contributed by atoms with E-state index in [9.17, 15) is 9.59 Å². The lowest BCUT2D eigenvalue weighted by atomic mass is 9.95. The lowest BCUT2D eigenvalue weighted by Gasteiger charge is -2.17. The number of nitrogens with one attached hydrogen (secondary N) is 2. The summed E-state index contributed by atoms with van der Waals surface area (Å²) in [5, 5.41) is 6.09. The molecule has 0 saturated carbocycles. The van der Waals surface area contributed by atoms with Gasteiger partial charge >= 0.3 is 0 Å². The van der Waals surface area contributed by atoms with Gasteiger partial charge < -0.3 is 15.4 Å². The number of carbonyl (C=O) groups excluding carboxylic acids is 2. The van der Waals surface area contributed by atoms with Crippen LogP contribution in [0.3, 0.4) is 0 Å². The highest BCUT2D eigenvalue weighted by Crippen LogP contribution is 2.28. The molecule has 0 fully saturated rings. The molecule has 3 aromatic carbocycles. The molecular weight excluding hydrogens is 412 g/mol. The van der Waals surface area contributed by atoms with Crippen molar-refractivity contribution < 1.29 is 14.3 Å². The predicted molar refractivity (Wildman–Crippen MR) is 125 cm³/mol. The molecule has 3 rings (SSSR count). The maximum Gasteiger partial charge on any atom is 0.255 e. The molecule has 2 N–H and O–H groups in total. The zero-order valence-electron chi connectivity index (χ0n) is 17.5. The summed E-state index contributed by atoms with van der Waals surface area (Å²) in [6.45, 7) is 4.33. The Balaban J connectivity index is 1.78. The standard InChI is InChI=1S/C25H25ClN2O3/c1-3-19(17-10-6-5-7-11-17)25(30)28-22-16-18(14-15-20(22)26)24(29)27-21-12-8-9-13-23(21)31-4-2/h5-16,19H,3-4H2,1-2H3,(H,27,29)(H,28,30). The van der Waals surface area contributed by atoms with E-state index in [1.54, 1.807) is 30.3 Å². The summed E-state index contributed by atoms with van der Waals surface area (Å²) >= 11 is 6.30. The van der Waals surface area contributed by atoms with Gasteiger partial charge in [-0.05, 0) is 49.2 Å². The van der Waals surface area contributed by atoms with Gasteiger partial charge in [-0.3, -0.25) is 9.59 Å². The molecule has 2 amide bonds. The van der Waals surface area contributed by atoms with Crippen molar-refractivity contribution in [3.8, 4) is 5.75 Å². The number of hydrogen-bond donors (Lipinski definition) is 2. The Bertz CT molecular complexity index is 1050. The summed E-state index contributed by atoms with van der Waals surface area (Å²) in [4.78, 5) is 25.7. The summed E-state index contributed by atoms with van der Waals surface area (Å²) in [5.74, 6) is -0.216. The Morgan fingerprint density at radius 3 is 2.32 bits per heavy atom. The molecule has 5 nitrogen and oxygen atoms in total. The van der Waals surface area contributed by atoms with E-state index in [1.807, 2.05) is 56.3 Å². The Labute approximate surface area is 187 Å². The molecule has 6 heteroatoms. The van der Waals surface area contributed by atoms with E-state index in [0.29, 0.717) is 40.7 Å². The number of halogens is 1. The van der Waals surface area contributed by atoms with Gasteiger partial charge in [0.1, 0.15) is 5.75 Å². The van der Waals surface area contributed by atoms with Gasteiger partial charge in [0.25, 0.3) is 5.91 Å². The smallest absolute Gasteiger partial charge is 0.255 e. The number of hydrogen-bond acceptors (Lipinski definition) is 3. The Morgan fingerprint density at radius 1 is 0.903 bits per heavy atom. The average Bonchev–Trinajstić information content (AvgIpc) is 2.78. The van der Waals surface area contributed by atoms with Crippen LogP contribution in [0.2, 0.25) is 5.02 Å². The number of benzene rings is 3. The number of rotatable bonds is 8. The monoisotopic (exact) mass is 436 g/mol. The van der Waals surface area contributed by atoms with Crippen LogP contribution >= 0.6 is 11.6 Å². The van der Waals surface area contributed by atoms with E-state index in [0.717, 1.165) is 5.56 Å². The molecule has 0 aromatic heterocycles. The molecular formula is C25H25ClN2O3. The van der Waals surface area contributed by atoms with Gasteiger partial charge in [0, 0.05) is 5.56 Å². The van der Waals surface area contributed by atoms with E-state index in [-0.39, 0.29) is 17.7 Å². The summed E-state index contributed by atoms with van der Waals surface area (Å²) in [5.41, 5.74) is 2.27. The van der Waals surface area contributed by atoms with Crippen molar-refractivity contribution in [3.05, 3.63) is 88.9 Å². The van der Waals surface area contributed by atoms with Gasteiger partial charge in [-0.1, -0.05) is 61.0 Å². The first-order valence-corrected chi connectivity index (χ1v) is 10.6. The molecule has 0 saturated heterocycles. The van der Waals surface area contributed by atoms with Gasteiger partial charge in [0.2, 0.25) is 5.91 Å². The van der Waals surface area contributed by atoms with Crippen LogP contribution in [-0.4, -0.2) is 18.4 Å². The largest absolute Gasteiger partial charge is 0.492 e. The fraction of sp³-hybridized carbons (Fsp3) is 0.200. The van der Waals surface area contributed by atoms with Crippen LogP contribution in [0.4, 0.5) is 11.4 Å². The van der Waals surface area contributed by atoms with Crippen molar-refractivity contribution in [1.82, 2.24) is 0 Å². The van der Waals surface area contributed by atoms with Crippen LogP contribution < -0.4 is 15.4 Å². The highest BCUT2D eigenvalue weighted by Gasteiger charge is 2.20. The van der Waals surface area contributed by atoms with Crippen molar-refractivity contribution in [2.75, 3.05) is 17.2 Å². The SMILES string of the molecule is CCOc1ccccc1NC(=O)c1ccc(Cl)c(NC(=O)C(CC)c2ccccc2)c1. The van der Waals surface area contributed by atoms with Gasteiger partial charge in [-0.25, -0.2) is 0 Å². The van der Waals surface area contributed by atoms with Crippen LogP contribution in [0.25, 0.3) is 0 Å². The summed E-state index contributed by atoms with van der Waals surface area (Å²) in [7, 11) is 0. The zero-order valence-corrected chi connectivity index (χ0v) is 18.3. The van der Waals surface area contributed by atoms with E-state index < -0.39 is 0 Å². The topological polar surface area (TPSA) is 67.4 Å². The van der Waals surface area contributed by atoms with Crippen molar-refractivity contribution in [3.63, 3.8) is 0 Å². The van der Waals surface area contributed by atoms with Gasteiger partial charge in [0.05, 0.1) is 28.9 Å². The Kier molecular flexibility index (Phi) is 7.68. The van der Waals surface area contributed by atoms with E-state index >= 15 is 0 Å². The molecule has 0 heterocycles. The molecule has 0 bridgehead atoms. The van der Waals surface area contributed by atoms with Crippen LogP contribution in [0, 0.1) is 0 Å². The second-order valence-corrected chi connectivity index (χ2v) is 7.35. The van der Waals surface area contributed by atoms with E-state index in [1.165, 1.54) is 0 Å². The molecule has 160 valence electrons. The molecule has 0 aliphatic heterocycles. The quantitative estimate of drug-likeness (QED) is 0.446. The normalized spacial score (nSPS) is 11.5. The van der Waals surface area contributed by atoms with Crippen LogP contribution in [-0.2, 0) is 4.79 Å². The summed E-state index contributed by atoms with van der Waals surface area (Å²) in [6, 6.07) is 21.6. The summed E-state index contributed by atoms with van der Waals surface area (Å²) in [6.07, 6.45) is 0.641. The third-order valence-electron chi connectivity index (χ3n) is 4.85. The second kappa shape index (κ2) is 10.6. The fourth-order valence-electron chi connectivity index (χ4n) is 3.29. The molecule has 0 aliphatic carbocycles. The minimum Gasteiger partial charge on any atom is -0.492 e. The van der Waals surface area contributed by atoms with Crippen molar-refractivity contribution in [2.45, 2.75) is 26.2 Å². The molecule has 1 unspecified atom stereocenters. The lowest BCUT2D eigenvalue weighted by molar-refractivity contribution is -0.117. The van der Waals surface area contributed by atoms with Gasteiger partial charge in [0.15, 0.2) is 0 Å². The maximum absolute atomic E-state index is 12.9. The van der Waals surface area contributed by atoms with Crippen LogP contribution in [0.1, 0.15) is 42.1 Å². The number of para-hydroxylation sites is 2. The fourth-order valence-corrected chi connectivity index (χ4v) is 3.45. The predicted octanol–water partition coefficient (Wildman–Crippen LogP) is 6.12. The van der Waals surface area contributed by atoms with Crippen molar-refractivity contribution in [1.29, 1.82) is 0 Å². The van der Waals surface area contributed by atoms with Gasteiger partial charge in [-0.15, -0.1) is 0 Å². The second-order valence-electron chi connectivity index (χ2n) is 6.94. The van der Waals surface area contributed by atoms with Crippen molar-refractivity contribution in [2.24, 2.45) is 0 Å². The number of carbonyl (C=O) groups is 2. The van der Waals surface area contributed by atoms with Crippen LogP contribution in [0.5, 0.6) is 5.75 Å². The molecule has 3 aromatic rings.